The largest absolute Gasteiger partial charge is 0.457 e. The molecule has 0 saturated heterocycles. The first-order valence-corrected chi connectivity index (χ1v) is 14.9. The Morgan fingerprint density at radius 1 is 1.15 bits per heavy atom. The minimum Gasteiger partial charge on any atom is -0.457 e. The van der Waals surface area contributed by atoms with Crippen molar-refractivity contribution in [3.8, 4) is 11.5 Å². The number of hydrogen-bond donors (Lipinski definition) is 2. The third kappa shape index (κ3) is 7.23. The number of carbonyl (C=O) groups excluding carboxylic acids is 1. The number of amides is 1. The van der Waals surface area contributed by atoms with E-state index in [0.29, 0.717) is 12.4 Å². The summed E-state index contributed by atoms with van der Waals surface area (Å²) in [6.45, 7) is 2.70. The number of hydrogen-bond acceptors (Lipinski definition) is 7. The Hall–Kier alpha value is -4.18. The number of anilines is 2. The van der Waals surface area contributed by atoms with Crippen LogP contribution in [0, 0.1) is 12.8 Å². The lowest BCUT2D eigenvalue weighted by atomic mass is 10.1. The molecule has 2 heterocycles. The average molecular weight is 546 g/mol. The molecular weight excluding hydrogens is 514 g/mol. The maximum absolute atomic E-state index is 11.9. The lowest BCUT2D eigenvalue weighted by Gasteiger charge is -2.13. The topological polar surface area (TPSA) is 115 Å². The molecule has 0 unspecified atom stereocenters. The van der Waals surface area contributed by atoms with Gasteiger partial charge in [-0.25, -0.2) is 18.4 Å². The molecule has 1 aliphatic rings. The van der Waals surface area contributed by atoms with Crippen molar-refractivity contribution in [1.82, 2.24) is 19.9 Å². The molecule has 2 N–H and O–H groups in total. The van der Waals surface area contributed by atoms with Crippen LogP contribution in [0.5, 0.6) is 11.5 Å². The molecule has 202 valence electrons. The number of ether oxygens (including phenoxy) is 1. The van der Waals surface area contributed by atoms with Crippen LogP contribution in [0.2, 0.25) is 0 Å². The van der Waals surface area contributed by atoms with Crippen LogP contribution in [0.4, 0.5) is 11.5 Å². The van der Waals surface area contributed by atoms with Crippen molar-refractivity contribution in [2.24, 2.45) is 5.92 Å². The highest BCUT2D eigenvalue weighted by Gasteiger charge is 2.17. The number of allylic oxidation sites excluding steroid dienone is 1. The number of aryl methyl sites for hydroxylation is 1. The fourth-order valence-corrected chi connectivity index (χ4v) is 4.82. The maximum atomic E-state index is 11.9. The summed E-state index contributed by atoms with van der Waals surface area (Å²) in [5, 5.41) is 6.02. The Labute approximate surface area is 227 Å². The highest BCUT2D eigenvalue weighted by molar-refractivity contribution is 7.91. The molecule has 1 aliphatic carbocycles. The number of benzene rings is 2. The van der Waals surface area contributed by atoms with Gasteiger partial charge >= 0.3 is 0 Å². The molecular formula is C29H31N5O4S. The molecule has 10 heteroatoms. The summed E-state index contributed by atoms with van der Waals surface area (Å²) in [6, 6.07) is 15.8. The minimum absolute atomic E-state index is 0.273. The molecule has 9 nitrogen and oxygen atoms in total. The summed E-state index contributed by atoms with van der Waals surface area (Å²) in [7, 11) is -3.37. The van der Waals surface area contributed by atoms with E-state index in [1.54, 1.807) is 0 Å². The van der Waals surface area contributed by atoms with Crippen LogP contribution in [-0.2, 0) is 21.2 Å². The summed E-state index contributed by atoms with van der Waals surface area (Å²) < 4.78 is 30.8. The van der Waals surface area contributed by atoms with E-state index < -0.39 is 21.5 Å². The van der Waals surface area contributed by atoms with Crippen molar-refractivity contribution in [2.75, 3.05) is 23.9 Å². The summed E-state index contributed by atoms with van der Waals surface area (Å²) in [4.78, 5) is 20.6. The van der Waals surface area contributed by atoms with E-state index in [1.807, 2.05) is 60.2 Å². The molecule has 0 atom stereocenters. The van der Waals surface area contributed by atoms with Gasteiger partial charge < -0.3 is 19.9 Å². The van der Waals surface area contributed by atoms with Gasteiger partial charge in [0.05, 0.1) is 5.52 Å². The first-order valence-electron chi connectivity index (χ1n) is 12.8. The van der Waals surface area contributed by atoms with E-state index in [1.165, 1.54) is 19.2 Å². The van der Waals surface area contributed by atoms with Gasteiger partial charge in [-0.05, 0) is 73.2 Å². The Morgan fingerprint density at radius 3 is 2.77 bits per heavy atom. The second kappa shape index (κ2) is 11.3. The van der Waals surface area contributed by atoms with Crippen LogP contribution >= 0.6 is 0 Å². The number of nitrogens with zero attached hydrogens (tertiary/aromatic N) is 3. The first kappa shape index (κ1) is 26.4. The van der Waals surface area contributed by atoms with Gasteiger partial charge in [0.15, 0.2) is 15.7 Å². The van der Waals surface area contributed by atoms with Gasteiger partial charge in [-0.1, -0.05) is 24.3 Å². The standard InChI is InChI=1S/C29H31N5O4S/c1-20-16-23(10-11-26(20)38-24-5-3-4-22(17-24)9-8-21-6-7-21)33-29-28-25(31-19-32-29)12-14-34(28)15-13-30-27(35)18-39(2,36)37/h3-5,8-12,14,16-17,19,21H,6-7,13,15,18H2,1-2H3,(H,30,35)(H,31,32,33). The molecule has 0 aliphatic heterocycles. The van der Waals surface area contributed by atoms with Crippen LogP contribution in [0.1, 0.15) is 24.0 Å². The number of fused-ring (bicyclic) bond motifs is 1. The Balaban J connectivity index is 1.27. The van der Waals surface area contributed by atoms with Gasteiger partial charge in [-0.15, -0.1) is 0 Å². The third-order valence-electron chi connectivity index (χ3n) is 6.32. The molecule has 0 spiro atoms. The second-order valence-corrected chi connectivity index (χ2v) is 12.0. The van der Waals surface area contributed by atoms with Crippen LogP contribution in [0.15, 0.2) is 67.1 Å². The molecule has 39 heavy (non-hydrogen) atoms. The fraction of sp³-hybridized carbons (Fsp3) is 0.276. The monoisotopic (exact) mass is 545 g/mol. The molecule has 1 amide bonds. The van der Waals surface area contributed by atoms with Gasteiger partial charge in [0, 0.05) is 31.2 Å². The SMILES string of the molecule is Cc1cc(Nc2ncnc3ccn(CCNC(=O)CS(C)(=O)=O)c23)ccc1Oc1cccc(C=CC2CC2)c1. The number of aromatic nitrogens is 3. The highest BCUT2D eigenvalue weighted by atomic mass is 32.2. The van der Waals surface area contributed by atoms with E-state index in [9.17, 15) is 13.2 Å². The normalized spacial score (nSPS) is 13.6. The minimum atomic E-state index is -3.37. The summed E-state index contributed by atoms with van der Waals surface area (Å²) in [5.74, 6) is 1.85. The molecule has 5 rings (SSSR count). The molecule has 1 fully saturated rings. The van der Waals surface area contributed by atoms with E-state index in [-0.39, 0.29) is 6.54 Å². The molecule has 2 aromatic carbocycles. The maximum Gasteiger partial charge on any atom is 0.235 e. The molecule has 2 aromatic heterocycles. The predicted molar refractivity (Wildman–Crippen MR) is 153 cm³/mol. The Morgan fingerprint density at radius 2 is 2.00 bits per heavy atom. The smallest absolute Gasteiger partial charge is 0.235 e. The van der Waals surface area contributed by atoms with Gasteiger partial charge in [0.25, 0.3) is 0 Å². The average Bonchev–Trinajstić information content (AvgIpc) is 3.62. The lowest BCUT2D eigenvalue weighted by Crippen LogP contribution is -2.32. The van der Waals surface area contributed by atoms with Crippen LogP contribution in [-0.4, -0.2) is 47.4 Å². The van der Waals surface area contributed by atoms with E-state index in [0.717, 1.165) is 51.5 Å². The molecule has 0 radical (unpaired) electrons. The molecule has 1 saturated carbocycles. The highest BCUT2D eigenvalue weighted by Crippen LogP contribution is 2.32. The van der Waals surface area contributed by atoms with Crippen molar-refractivity contribution < 1.29 is 17.9 Å². The zero-order chi connectivity index (χ0) is 27.4. The predicted octanol–water partition coefficient (Wildman–Crippen LogP) is 4.86. The van der Waals surface area contributed by atoms with Gasteiger partial charge in [0.2, 0.25) is 5.91 Å². The van der Waals surface area contributed by atoms with Crippen LogP contribution in [0.3, 0.4) is 0 Å². The van der Waals surface area contributed by atoms with Crippen molar-refractivity contribution in [3.05, 3.63) is 78.3 Å². The van der Waals surface area contributed by atoms with Crippen molar-refractivity contribution in [3.63, 3.8) is 0 Å². The molecule has 4 aromatic rings. The van der Waals surface area contributed by atoms with E-state index in [4.69, 9.17) is 4.74 Å². The van der Waals surface area contributed by atoms with Crippen molar-refractivity contribution >= 4 is 44.4 Å². The summed E-state index contributed by atoms with van der Waals surface area (Å²) in [6.07, 6.45) is 11.4. The number of nitrogens with one attached hydrogen (secondary N) is 2. The number of sulfone groups is 1. The quantitative estimate of drug-likeness (QED) is 0.277. The Kier molecular flexibility index (Phi) is 7.65. The first-order chi connectivity index (χ1) is 18.7. The van der Waals surface area contributed by atoms with E-state index in [2.05, 4.69) is 38.8 Å². The summed E-state index contributed by atoms with van der Waals surface area (Å²) >= 11 is 0. The van der Waals surface area contributed by atoms with Gasteiger partial charge in [-0.2, -0.15) is 0 Å². The van der Waals surface area contributed by atoms with Crippen LogP contribution < -0.4 is 15.4 Å². The zero-order valence-corrected chi connectivity index (χ0v) is 22.7. The van der Waals surface area contributed by atoms with Crippen molar-refractivity contribution in [1.29, 1.82) is 0 Å². The fourth-order valence-electron chi connectivity index (χ4n) is 4.24. The van der Waals surface area contributed by atoms with Crippen LogP contribution in [0.25, 0.3) is 17.1 Å². The third-order valence-corrected chi connectivity index (χ3v) is 7.11. The molecule has 0 bridgehead atoms. The second-order valence-electron chi connectivity index (χ2n) is 9.86. The van der Waals surface area contributed by atoms with E-state index >= 15 is 0 Å². The van der Waals surface area contributed by atoms with Crippen molar-refractivity contribution in [2.45, 2.75) is 26.3 Å². The summed E-state index contributed by atoms with van der Waals surface area (Å²) in [5.41, 5.74) is 4.47. The Bertz CT molecular complexity index is 1640. The lowest BCUT2D eigenvalue weighted by molar-refractivity contribution is -0.118. The van der Waals surface area contributed by atoms with Gasteiger partial charge in [0.1, 0.15) is 29.1 Å². The number of rotatable bonds is 11. The number of carbonyl (C=O) groups is 1. The zero-order valence-electron chi connectivity index (χ0n) is 21.9. The van der Waals surface area contributed by atoms with Gasteiger partial charge in [-0.3, -0.25) is 4.79 Å².